The summed E-state index contributed by atoms with van der Waals surface area (Å²) in [6.07, 6.45) is -0.808. The summed E-state index contributed by atoms with van der Waals surface area (Å²) in [4.78, 5) is 19.7. The van der Waals surface area contributed by atoms with E-state index in [1.54, 1.807) is 9.13 Å². The van der Waals surface area contributed by atoms with Crippen molar-refractivity contribution in [2.24, 2.45) is 5.73 Å². The van der Waals surface area contributed by atoms with E-state index in [1.165, 1.54) is 17.8 Å². The third-order valence-corrected chi connectivity index (χ3v) is 8.58. The molecular weight excluding hydrogens is 511 g/mol. The molecule has 6 nitrogen and oxygen atoms in total. The Morgan fingerprint density at radius 3 is 2.39 bits per heavy atom. The number of likely N-dealkylation sites (tertiary alicyclic amines) is 1. The highest BCUT2D eigenvalue weighted by atomic mass is 35.5. The van der Waals surface area contributed by atoms with Gasteiger partial charge >= 0.3 is 11.9 Å². The fraction of sp³-hybridized carbons (Fsp3) is 0.480. The largest absolute Gasteiger partial charge is 0.416 e. The molecule has 0 spiro atoms. The lowest BCUT2D eigenvalue weighted by molar-refractivity contribution is -0.137. The first-order valence-corrected chi connectivity index (χ1v) is 13.0. The van der Waals surface area contributed by atoms with E-state index in [2.05, 4.69) is 9.80 Å². The number of aromatic nitrogens is 2. The monoisotopic (exact) mass is 539 g/mol. The summed E-state index contributed by atoms with van der Waals surface area (Å²) >= 11 is 1.33. The quantitative estimate of drug-likeness (QED) is 0.400. The number of hydrogen-bond acceptors (Lipinski definition) is 5. The standard InChI is InChI=1S/C25H28F3N5OS.ClH/c26-25(27,28)16-13-20-23-22(14-16)35-21-15-18(31-8-1-2-9-31)3-4-19(21)33(23)24(34)32(20)17-5-10-30(11-6-17)12-7-29;/h3-4,13-15,17H,1-2,5-12,29H2;1H. The van der Waals surface area contributed by atoms with Gasteiger partial charge < -0.3 is 15.5 Å². The van der Waals surface area contributed by atoms with Crippen LogP contribution in [0.25, 0.3) is 16.7 Å². The van der Waals surface area contributed by atoms with E-state index in [9.17, 15) is 18.0 Å². The Morgan fingerprint density at radius 2 is 1.72 bits per heavy atom. The highest BCUT2D eigenvalue weighted by molar-refractivity contribution is 7.99. The third kappa shape index (κ3) is 4.21. The molecule has 0 atom stereocenters. The molecule has 0 bridgehead atoms. The fourth-order valence-electron chi connectivity index (χ4n) is 5.77. The molecule has 2 saturated heterocycles. The molecule has 2 aromatic carbocycles. The number of alkyl halides is 3. The first-order valence-electron chi connectivity index (χ1n) is 12.2. The highest BCUT2D eigenvalue weighted by Crippen LogP contribution is 2.46. The van der Waals surface area contributed by atoms with Crippen LogP contribution in [-0.4, -0.2) is 53.3 Å². The van der Waals surface area contributed by atoms with Crippen molar-refractivity contribution in [1.82, 2.24) is 14.0 Å². The average Bonchev–Trinajstić information content (AvgIpc) is 3.47. The van der Waals surface area contributed by atoms with Crippen LogP contribution in [0.3, 0.4) is 0 Å². The van der Waals surface area contributed by atoms with Crippen molar-refractivity contribution in [3.05, 3.63) is 46.4 Å². The van der Waals surface area contributed by atoms with Crippen molar-refractivity contribution in [2.45, 2.75) is 47.7 Å². The minimum atomic E-state index is -4.49. The van der Waals surface area contributed by atoms with E-state index in [0.29, 0.717) is 35.3 Å². The van der Waals surface area contributed by atoms with Crippen LogP contribution in [0, 0.1) is 0 Å². The van der Waals surface area contributed by atoms with Crippen molar-refractivity contribution < 1.29 is 13.2 Å². The smallest absolute Gasteiger partial charge is 0.372 e. The molecule has 0 radical (unpaired) electrons. The molecule has 0 saturated carbocycles. The molecule has 1 aromatic heterocycles. The third-order valence-electron chi connectivity index (χ3n) is 7.51. The van der Waals surface area contributed by atoms with E-state index in [-0.39, 0.29) is 24.1 Å². The lowest BCUT2D eigenvalue weighted by Gasteiger charge is -2.32. The zero-order valence-corrected chi connectivity index (χ0v) is 21.4. The Balaban J connectivity index is 0.00000267. The molecule has 0 aliphatic carbocycles. The molecule has 3 aliphatic heterocycles. The zero-order valence-electron chi connectivity index (χ0n) is 19.8. The number of piperidine rings is 1. The van der Waals surface area contributed by atoms with Crippen LogP contribution in [0.15, 0.2) is 44.9 Å². The lowest BCUT2D eigenvalue weighted by Crippen LogP contribution is -2.39. The van der Waals surface area contributed by atoms with E-state index in [1.807, 2.05) is 18.2 Å². The van der Waals surface area contributed by atoms with Gasteiger partial charge in [0.05, 0.1) is 22.3 Å². The van der Waals surface area contributed by atoms with Gasteiger partial charge in [0, 0.05) is 60.8 Å². The second-order valence-corrected chi connectivity index (χ2v) is 10.7. The number of hydrogen-bond donors (Lipinski definition) is 1. The normalized spacial score (nSPS) is 18.5. The van der Waals surface area contributed by atoms with Gasteiger partial charge in [-0.25, -0.2) is 4.79 Å². The summed E-state index contributed by atoms with van der Waals surface area (Å²) in [5.74, 6) is 0. The molecule has 0 amide bonds. The number of halogens is 4. The van der Waals surface area contributed by atoms with E-state index in [0.717, 1.165) is 67.9 Å². The topological polar surface area (TPSA) is 59.4 Å². The van der Waals surface area contributed by atoms with Gasteiger partial charge in [0.25, 0.3) is 0 Å². The van der Waals surface area contributed by atoms with Crippen LogP contribution in [0.1, 0.15) is 37.3 Å². The van der Waals surface area contributed by atoms with Crippen LogP contribution in [-0.2, 0) is 6.18 Å². The Bertz CT molecular complexity index is 1340. The molecule has 3 aromatic rings. The van der Waals surface area contributed by atoms with Crippen LogP contribution in [0.4, 0.5) is 18.9 Å². The zero-order chi connectivity index (χ0) is 24.3. The molecule has 4 heterocycles. The van der Waals surface area contributed by atoms with Crippen molar-refractivity contribution in [2.75, 3.05) is 44.2 Å². The van der Waals surface area contributed by atoms with Crippen LogP contribution in [0.2, 0.25) is 0 Å². The van der Waals surface area contributed by atoms with Gasteiger partial charge in [-0.2, -0.15) is 13.2 Å². The fourth-order valence-corrected chi connectivity index (χ4v) is 6.93. The molecular formula is C25H29ClF3N5OS. The van der Waals surface area contributed by atoms with Gasteiger partial charge in [-0.15, -0.1) is 12.4 Å². The summed E-state index contributed by atoms with van der Waals surface area (Å²) in [6, 6.07) is 8.21. The summed E-state index contributed by atoms with van der Waals surface area (Å²) in [5.41, 5.74) is 7.48. The van der Waals surface area contributed by atoms with Crippen molar-refractivity contribution >= 4 is 40.9 Å². The Kier molecular flexibility index (Phi) is 6.82. The molecule has 0 unspecified atom stereocenters. The van der Waals surface area contributed by atoms with Crippen molar-refractivity contribution in [3.8, 4) is 5.69 Å². The number of imidazole rings is 1. The summed E-state index contributed by atoms with van der Waals surface area (Å²) in [6.45, 7) is 4.85. The van der Waals surface area contributed by atoms with Gasteiger partial charge in [0.1, 0.15) is 0 Å². The predicted molar refractivity (Wildman–Crippen MR) is 139 cm³/mol. The van der Waals surface area contributed by atoms with Gasteiger partial charge in [0.2, 0.25) is 0 Å². The summed E-state index contributed by atoms with van der Waals surface area (Å²) in [7, 11) is 0. The Morgan fingerprint density at radius 1 is 1.00 bits per heavy atom. The van der Waals surface area contributed by atoms with Crippen molar-refractivity contribution in [1.29, 1.82) is 0 Å². The van der Waals surface area contributed by atoms with Crippen LogP contribution >= 0.6 is 24.2 Å². The van der Waals surface area contributed by atoms with Crippen molar-refractivity contribution in [3.63, 3.8) is 0 Å². The van der Waals surface area contributed by atoms with E-state index in [4.69, 9.17) is 5.73 Å². The number of nitrogens with two attached hydrogens (primary N) is 1. The van der Waals surface area contributed by atoms with E-state index >= 15 is 0 Å². The van der Waals surface area contributed by atoms with Crippen LogP contribution < -0.4 is 16.3 Å². The van der Waals surface area contributed by atoms with Crippen LogP contribution in [0.5, 0.6) is 0 Å². The van der Waals surface area contributed by atoms with Gasteiger partial charge in [-0.1, -0.05) is 11.8 Å². The van der Waals surface area contributed by atoms with E-state index < -0.39 is 11.7 Å². The first kappa shape index (κ1) is 25.5. The minimum absolute atomic E-state index is 0. The number of nitrogens with zero attached hydrogens (tertiary/aromatic N) is 4. The molecule has 36 heavy (non-hydrogen) atoms. The summed E-state index contributed by atoms with van der Waals surface area (Å²) < 4.78 is 45.0. The van der Waals surface area contributed by atoms with Gasteiger partial charge in [-0.3, -0.25) is 9.13 Å². The maximum absolute atomic E-state index is 13.9. The molecule has 11 heteroatoms. The SMILES string of the molecule is Cl.NCCN1CCC(n2c(=O)n3c4c(cc(C(F)(F)F)cc42)Sc2cc(N4CCCC4)ccc2-3)CC1. The summed E-state index contributed by atoms with van der Waals surface area (Å²) in [5, 5.41) is 0. The predicted octanol–water partition coefficient (Wildman–Crippen LogP) is 4.89. The lowest BCUT2D eigenvalue weighted by atomic mass is 10.0. The maximum Gasteiger partial charge on any atom is 0.416 e. The molecule has 2 N–H and O–H groups in total. The molecule has 2 fully saturated rings. The number of anilines is 1. The first-order chi connectivity index (χ1) is 16.8. The number of benzene rings is 2. The second-order valence-electron chi connectivity index (χ2n) is 9.64. The minimum Gasteiger partial charge on any atom is -0.372 e. The maximum atomic E-state index is 13.9. The second kappa shape index (κ2) is 9.63. The highest BCUT2D eigenvalue weighted by Gasteiger charge is 2.36. The van der Waals surface area contributed by atoms with Gasteiger partial charge in [-0.05, 0) is 56.0 Å². The Labute approximate surface area is 217 Å². The molecule has 194 valence electrons. The Hall–Kier alpha value is -2.14. The molecule has 6 rings (SSSR count). The van der Waals surface area contributed by atoms with Gasteiger partial charge in [0.15, 0.2) is 0 Å². The number of fused-ring (bicyclic) bond motifs is 2. The molecule has 3 aliphatic rings. The number of rotatable bonds is 4. The average molecular weight is 540 g/mol.